The number of para-hydroxylation sites is 1. The number of nitrogens with one attached hydrogen (secondary N) is 1. The maximum Gasteiger partial charge on any atom is 0.341 e. The predicted octanol–water partition coefficient (Wildman–Crippen LogP) is 3.83. The Hall–Kier alpha value is -4.11. The van der Waals surface area contributed by atoms with Crippen molar-refractivity contribution < 1.29 is 14.3 Å². The van der Waals surface area contributed by atoms with Crippen LogP contribution in [-0.4, -0.2) is 32.8 Å². The number of hydrogen-bond donors (Lipinski definition) is 1. The van der Waals surface area contributed by atoms with Crippen LogP contribution in [0.5, 0.6) is 0 Å². The van der Waals surface area contributed by atoms with E-state index in [-0.39, 0.29) is 16.8 Å². The van der Waals surface area contributed by atoms with Gasteiger partial charge in [0.1, 0.15) is 10.7 Å². The van der Waals surface area contributed by atoms with E-state index in [4.69, 9.17) is 4.74 Å². The van der Waals surface area contributed by atoms with E-state index in [9.17, 15) is 14.4 Å². The van der Waals surface area contributed by atoms with Crippen molar-refractivity contribution in [2.75, 3.05) is 11.9 Å². The van der Waals surface area contributed by atoms with Gasteiger partial charge < -0.3 is 10.1 Å². The molecule has 0 aliphatic rings. The molecule has 0 spiro atoms. The molecule has 0 fully saturated rings. The predicted molar refractivity (Wildman–Crippen MR) is 129 cm³/mol. The van der Waals surface area contributed by atoms with Gasteiger partial charge in [-0.1, -0.05) is 48.2 Å². The van der Waals surface area contributed by atoms with Crippen LogP contribution in [0.2, 0.25) is 0 Å². The van der Waals surface area contributed by atoms with Gasteiger partial charge in [-0.05, 0) is 43.3 Å². The van der Waals surface area contributed by atoms with Gasteiger partial charge in [-0.15, -0.1) is 0 Å². The Bertz CT molecular complexity index is 1380. The van der Waals surface area contributed by atoms with Crippen molar-refractivity contribution >= 4 is 29.3 Å². The highest BCUT2D eigenvalue weighted by Gasteiger charge is 2.20. The second-order valence-corrected chi connectivity index (χ2v) is 8.39. The van der Waals surface area contributed by atoms with Crippen molar-refractivity contribution in [3.8, 4) is 5.69 Å². The molecule has 0 saturated heterocycles. The van der Waals surface area contributed by atoms with Crippen molar-refractivity contribution in [1.29, 1.82) is 0 Å². The zero-order valence-electron chi connectivity index (χ0n) is 18.6. The smallest absolute Gasteiger partial charge is 0.341 e. The molecule has 2 aromatic heterocycles. The van der Waals surface area contributed by atoms with E-state index in [0.29, 0.717) is 16.4 Å². The number of benzene rings is 2. The van der Waals surface area contributed by atoms with E-state index >= 15 is 0 Å². The fraction of sp³-hybridized carbons (Fsp3) is 0.120. The highest BCUT2D eigenvalue weighted by Crippen LogP contribution is 2.28. The number of anilines is 1. The van der Waals surface area contributed by atoms with Crippen molar-refractivity contribution in [2.24, 2.45) is 7.05 Å². The second kappa shape index (κ2) is 10.2. The SMILES string of the molecule is Cc1c(NC(=O)COC(=O)c2cccnc2Sc2ccccc2)c(=O)n(-c2ccccc2)n1C. The molecule has 0 saturated carbocycles. The molecule has 0 unspecified atom stereocenters. The molecule has 9 heteroatoms. The number of pyridine rings is 1. The van der Waals surface area contributed by atoms with Crippen LogP contribution in [-0.2, 0) is 16.6 Å². The summed E-state index contributed by atoms with van der Waals surface area (Å²) in [4.78, 5) is 43.3. The highest BCUT2D eigenvalue weighted by atomic mass is 32.2. The van der Waals surface area contributed by atoms with Crippen molar-refractivity contribution in [3.05, 3.63) is 101 Å². The minimum Gasteiger partial charge on any atom is -0.452 e. The molecule has 0 atom stereocenters. The molecule has 4 aromatic rings. The Kier molecular flexibility index (Phi) is 6.93. The van der Waals surface area contributed by atoms with Crippen LogP contribution in [0.1, 0.15) is 16.1 Å². The summed E-state index contributed by atoms with van der Waals surface area (Å²) in [6.07, 6.45) is 1.59. The van der Waals surface area contributed by atoms with Gasteiger partial charge >= 0.3 is 5.97 Å². The normalized spacial score (nSPS) is 10.6. The average molecular weight is 475 g/mol. The third-order valence-electron chi connectivity index (χ3n) is 5.10. The zero-order chi connectivity index (χ0) is 24.1. The van der Waals surface area contributed by atoms with Gasteiger partial charge in [-0.25, -0.2) is 14.5 Å². The topological polar surface area (TPSA) is 95.2 Å². The minimum absolute atomic E-state index is 0.133. The lowest BCUT2D eigenvalue weighted by Crippen LogP contribution is -2.26. The molecule has 172 valence electrons. The number of carbonyl (C=O) groups excluding carboxylic acids is 2. The van der Waals surface area contributed by atoms with Crippen molar-refractivity contribution in [1.82, 2.24) is 14.3 Å². The minimum atomic E-state index is -0.673. The second-order valence-electron chi connectivity index (χ2n) is 7.33. The Balaban J connectivity index is 1.45. The molecule has 1 N–H and O–H groups in total. The van der Waals surface area contributed by atoms with E-state index < -0.39 is 18.5 Å². The van der Waals surface area contributed by atoms with Crippen LogP contribution in [0.4, 0.5) is 5.69 Å². The quantitative estimate of drug-likeness (QED) is 0.409. The molecule has 1 amide bonds. The van der Waals surface area contributed by atoms with Gasteiger partial charge in [0, 0.05) is 18.1 Å². The molecule has 0 radical (unpaired) electrons. The lowest BCUT2D eigenvalue weighted by molar-refractivity contribution is -0.119. The summed E-state index contributed by atoms with van der Waals surface area (Å²) in [7, 11) is 1.73. The Labute approximate surface area is 200 Å². The van der Waals surface area contributed by atoms with Crippen LogP contribution in [0, 0.1) is 6.92 Å². The molecular weight excluding hydrogens is 452 g/mol. The van der Waals surface area contributed by atoms with E-state index in [0.717, 1.165) is 4.90 Å². The lowest BCUT2D eigenvalue weighted by Gasteiger charge is -2.09. The van der Waals surface area contributed by atoms with Gasteiger partial charge in [0.25, 0.3) is 11.5 Å². The summed E-state index contributed by atoms with van der Waals surface area (Å²) in [6.45, 7) is 1.19. The Morgan fingerprint density at radius 3 is 2.38 bits per heavy atom. The van der Waals surface area contributed by atoms with Gasteiger partial charge in [0.15, 0.2) is 6.61 Å². The summed E-state index contributed by atoms with van der Waals surface area (Å²) in [5.74, 6) is -1.28. The summed E-state index contributed by atoms with van der Waals surface area (Å²) >= 11 is 1.33. The number of aromatic nitrogens is 3. The largest absolute Gasteiger partial charge is 0.452 e. The first kappa shape index (κ1) is 23.1. The fourth-order valence-corrected chi connectivity index (χ4v) is 4.22. The number of rotatable bonds is 7. The summed E-state index contributed by atoms with van der Waals surface area (Å²) < 4.78 is 8.33. The molecule has 2 heterocycles. The van der Waals surface area contributed by atoms with E-state index in [1.165, 1.54) is 16.4 Å². The molecule has 34 heavy (non-hydrogen) atoms. The van der Waals surface area contributed by atoms with Crippen LogP contribution in [0.3, 0.4) is 0 Å². The van der Waals surface area contributed by atoms with Crippen LogP contribution in [0.25, 0.3) is 5.69 Å². The molecule has 2 aromatic carbocycles. The molecule has 4 rings (SSSR count). The third kappa shape index (κ3) is 4.94. The first-order valence-electron chi connectivity index (χ1n) is 10.4. The number of nitrogens with zero attached hydrogens (tertiary/aromatic N) is 3. The van der Waals surface area contributed by atoms with E-state index in [1.54, 1.807) is 49.1 Å². The van der Waals surface area contributed by atoms with Gasteiger partial charge in [-0.3, -0.25) is 14.3 Å². The molecule has 0 bridgehead atoms. The number of hydrogen-bond acceptors (Lipinski definition) is 6. The maximum atomic E-state index is 12.9. The number of ether oxygens (including phenoxy) is 1. The van der Waals surface area contributed by atoms with Crippen LogP contribution >= 0.6 is 11.8 Å². The standard InChI is InChI=1S/C25H22N4O4S/c1-17-22(24(31)29(28(17)2)18-10-5-3-6-11-18)27-21(30)16-33-25(32)20-14-9-15-26-23(20)34-19-12-7-4-8-13-19/h3-15H,16H2,1-2H3,(H,27,30). The number of esters is 1. The third-order valence-corrected chi connectivity index (χ3v) is 6.13. The monoisotopic (exact) mass is 474 g/mol. The average Bonchev–Trinajstić information content (AvgIpc) is 3.07. The van der Waals surface area contributed by atoms with Gasteiger partial charge in [-0.2, -0.15) is 0 Å². The van der Waals surface area contributed by atoms with Crippen molar-refractivity contribution in [2.45, 2.75) is 16.8 Å². The van der Waals surface area contributed by atoms with Gasteiger partial charge in [0.05, 0.1) is 16.9 Å². The highest BCUT2D eigenvalue weighted by molar-refractivity contribution is 7.99. The van der Waals surface area contributed by atoms with Crippen molar-refractivity contribution in [3.63, 3.8) is 0 Å². The van der Waals surface area contributed by atoms with Crippen LogP contribution < -0.4 is 10.9 Å². The fourth-order valence-electron chi connectivity index (χ4n) is 3.32. The van der Waals surface area contributed by atoms with Gasteiger partial charge in [0.2, 0.25) is 0 Å². The maximum absolute atomic E-state index is 12.9. The summed E-state index contributed by atoms with van der Waals surface area (Å²) in [6, 6.07) is 21.8. The Morgan fingerprint density at radius 1 is 1.00 bits per heavy atom. The molecule has 8 nitrogen and oxygen atoms in total. The van der Waals surface area contributed by atoms with E-state index in [2.05, 4.69) is 10.3 Å². The molecule has 0 aliphatic carbocycles. The molecular formula is C25H22N4O4S. The lowest BCUT2D eigenvalue weighted by atomic mass is 10.3. The summed E-state index contributed by atoms with van der Waals surface area (Å²) in [5.41, 5.74) is 1.26. The van der Waals surface area contributed by atoms with E-state index in [1.807, 2.05) is 48.5 Å². The summed E-state index contributed by atoms with van der Waals surface area (Å²) in [5, 5.41) is 3.06. The number of amides is 1. The zero-order valence-corrected chi connectivity index (χ0v) is 19.4. The first-order chi connectivity index (χ1) is 16.5. The Morgan fingerprint density at radius 2 is 1.68 bits per heavy atom. The molecule has 0 aliphatic heterocycles. The van der Waals surface area contributed by atoms with Crippen LogP contribution in [0.15, 0.2) is 93.7 Å². The first-order valence-corrected chi connectivity index (χ1v) is 11.3. The number of carbonyl (C=O) groups is 2.